The van der Waals surface area contributed by atoms with Gasteiger partial charge in [0.2, 0.25) is 5.78 Å². The van der Waals surface area contributed by atoms with Crippen LogP contribution in [0.2, 0.25) is 0 Å². The quantitative estimate of drug-likeness (QED) is 0.148. The van der Waals surface area contributed by atoms with Gasteiger partial charge < -0.3 is 14.5 Å². The lowest BCUT2D eigenvalue weighted by atomic mass is 9.90. The Morgan fingerprint density at radius 2 is 0.811 bits per heavy atom. The summed E-state index contributed by atoms with van der Waals surface area (Å²) >= 11 is 0. The van der Waals surface area contributed by atoms with Gasteiger partial charge in [-0.15, -0.1) is 0 Å². The minimum absolute atomic E-state index is 0.516. The van der Waals surface area contributed by atoms with Crippen LogP contribution in [0.5, 0.6) is 0 Å². The lowest BCUT2D eigenvalue weighted by molar-refractivity contribution is 1.09. The van der Waals surface area contributed by atoms with Gasteiger partial charge >= 0.3 is 0 Å². The van der Waals surface area contributed by atoms with Crippen molar-refractivity contribution >= 4 is 93.9 Å². The van der Waals surface area contributed by atoms with Gasteiger partial charge in [0.25, 0.3) is 0 Å². The second-order valence-electron chi connectivity index (χ2n) is 23.0. The summed E-state index contributed by atoms with van der Waals surface area (Å²) in [6.07, 6.45) is 1.93. The van der Waals surface area contributed by atoms with Crippen LogP contribution < -0.4 is 5.32 Å². The minimum atomic E-state index is 0.516. The maximum atomic E-state index is 12.7. The number of aromatic nitrogens is 7. The molecule has 0 atom stereocenters. The van der Waals surface area contributed by atoms with Gasteiger partial charge in [-0.25, -0.2) is 9.97 Å². The van der Waals surface area contributed by atoms with E-state index < -0.39 is 0 Å². The molecule has 0 aliphatic heterocycles. The van der Waals surface area contributed by atoms with Crippen molar-refractivity contribution in [1.29, 1.82) is 5.26 Å². The Hall–Kier alpha value is -12.5. The van der Waals surface area contributed by atoms with Crippen LogP contribution in [-0.4, -0.2) is 32.6 Å². The van der Waals surface area contributed by atoms with Crippen LogP contribution >= 0.6 is 0 Å². The van der Waals surface area contributed by atoms with Crippen LogP contribution in [0, 0.1) is 11.3 Å². The highest BCUT2D eigenvalue weighted by molar-refractivity contribution is 6.13. The molecule has 90 heavy (non-hydrogen) atoms. The molecule has 0 aliphatic rings. The Morgan fingerprint density at radius 1 is 0.344 bits per heavy atom. The minimum Gasteiger partial charge on any atom is -0.354 e. The van der Waals surface area contributed by atoms with Crippen molar-refractivity contribution in [2.24, 2.45) is 0 Å². The number of fused-ring (bicyclic) bond motifs is 12. The van der Waals surface area contributed by atoms with Gasteiger partial charge in [0.15, 0.2) is 0 Å². The van der Waals surface area contributed by atoms with Crippen LogP contribution in [0.25, 0.3) is 150 Å². The molecule has 420 valence electrons. The van der Waals surface area contributed by atoms with Gasteiger partial charge in [0, 0.05) is 44.0 Å². The lowest BCUT2D eigenvalue weighted by Gasteiger charge is -2.24. The molecule has 0 amide bonds. The van der Waals surface area contributed by atoms with Crippen LogP contribution in [-0.2, 0) is 0 Å². The number of hydrogen-bond donors (Lipinski definition) is 1. The summed E-state index contributed by atoms with van der Waals surface area (Å²) in [7, 11) is 0. The Labute approximate surface area is 516 Å². The summed E-state index contributed by atoms with van der Waals surface area (Å²) in [5.74, 6) is 0.802. The molecule has 0 fully saturated rings. The number of hydrogen-bond acceptors (Lipinski definition) is 4. The number of nitrogens with one attached hydrogen (secondary N) is 1. The molecule has 0 bridgehead atoms. The molecule has 1 N–H and O–H groups in total. The summed E-state index contributed by atoms with van der Waals surface area (Å²) in [4.78, 5) is 10.5. The molecule has 0 saturated carbocycles. The zero-order valence-electron chi connectivity index (χ0n) is 48.4. The van der Waals surface area contributed by atoms with Gasteiger partial charge in [0.05, 0.1) is 77.9 Å². The van der Waals surface area contributed by atoms with Crippen LogP contribution in [0.3, 0.4) is 0 Å². The molecular formula is C81H51N9. The normalized spacial score (nSPS) is 11.8. The molecule has 0 radical (unpaired) electrons. The largest absolute Gasteiger partial charge is 0.354 e. The molecular weight excluding hydrogens is 1100 g/mol. The topological polar surface area (TPSA) is 85.7 Å². The second kappa shape index (κ2) is 20.3. The van der Waals surface area contributed by atoms with Crippen molar-refractivity contribution in [3.8, 4) is 73.3 Å². The Morgan fingerprint density at radius 3 is 1.38 bits per heavy atom. The monoisotopic (exact) mass is 1150 g/mol. The summed E-state index contributed by atoms with van der Waals surface area (Å²) in [5.41, 5.74) is 23.4. The number of anilines is 2. The Kier molecular flexibility index (Phi) is 11.5. The van der Waals surface area contributed by atoms with Crippen molar-refractivity contribution in [3.63, 3.8) is 0 Å². The Balaban J connectivity index is 0.991. The molecule has 13 aromatic carbocycles. The second-order valence-corrected chi connectivity index (χ2v) is 23.0. The summed E-state index contributed by atoms with van der Waals surface area (Å²) in [6.45, 7) is 0. The van der Waals surface area contributed by atoms with Crippen molar-refractivity contribution < 1.29 is 0 Å². The maximum Gasteiger partial charge on any atom is 0.220 e. The first-order valence-electron chi connectivity index (χ1n) is 30.3. The van der Waals surface area contributed by atoms with Crippen LogP contribution in [0.4, 0.5) is 11.4 Å². The molecule has 5 aromatic heterocycles. The summed E-state index contributed by atoms with van der Waals surface area (Å²) in [5, 5.41) is 20.9. The average molecular weight is 1150 g/mol. The smallest absolute Gasteiger partial charge is 0.220 e. The lowest BCUT2D eigenvalue weighted by Crippen LogP contribution is -2.09. The highest BCUT2D eigenvalue weighted by Crippen LogP contribution is 2.48. The summed E-state index contributed by atoms with van der Waals surface area (Å²) in [6, 6.07) is 108. The molecule has 5 heterocycles. The fraction of sp³-hybridized carbons (Fsp3) is 0. The molecule has 0 saturated heterocycles. The molecule has 9 heteroatoms. The fourth-order valence-corrected chi connectivity index (χ4v) is 13.9. The molecule has 0 aliphatic carbocycles. The van der Waals surface area contributed by atoms with E-state index in [-0.39, 0.29) is 0 Å². The average Bonchev–Trinajstić information content (AvgIpc) is 1.48. The predicted octanol–water partition coefficient (Wildman–Crippen LogP) is 20.2. The van der Waals surface area contributed by atoms with Gasteiger partial charge in [-0.3, -0.25) is 13.5 Å². The van der Waals surface area contributed by atoms with Gasteiger partial charge in [-0.2, -0.15) is 5.26 Å². The number of imidazole rings is 3. The van der Waals surface area contributed by atoms with E-state index >= 15 is 0 Å². The predicted molar refractivity (Wildman–Crippen MR) is 369 cm³/mol. The third-order valence-electron chi connectivity index (χ3n) is 18.0. The zero-order valence-corrected chi connectivity index (χ0v) is 48.4. The third-order valence-corrected chi connectivity index (χ3v) is 18.0. The van der Waals surface area contributed by atoms with Crippen LogP contribution in [0.1, 0.15) is 5.56 Å². The molecule has 9 nitrogen and oxygen atoms in total. The van der Waals surface area contributed by atoms with E-state index in [1.807, 2.05) is 30.6 Å². The number of para-hydroxylation sites is 6. The van der Waals surface area contributed by atoms with Crippen molar-refractivity contribution in [3.05, 3.63) is 309 Å². The third kappa shape index (κ3) is 7.88. The first-order chi connectivity index (χ1) is 44.6. The summed E-state index contributed by atoms with van der Waals surface area (Å²) < 4.78 is 11.5. The number of nitrogens with zero attached hydrogens (tertiary/aromatic N) is 8. The first kappa shape index (κ1) is 50.8. The highest BCUT2D eigenvalue weighted by atomic mass is 15.2. The number of nitriles is 1. The van der Waals surface area contributed by atoms with Gasteiger partial charge in [-0.05, 0) is 137 Å². The van der Waals surface area contributed by atoms with Crippen molar-refractivity contribution in [2.75, 3.05) is 5.32 Å². The van der Waals surface area contributed by atoms with Gasteiger partial charge in [0.1, 0.15) is 18.0 Å². The zero-order chi connectivity index (χ0) is 59.4. The van der Waals surface area contributed by atoms with E-state index in [4.69, 9.17) is 9.97 Å². The van der Waals surface area contributed by atoms with Gasteiger partial charge in [-0.1, -0.05) is 194 Å². The van der Waals surface area contributed by atoms with Crippen molar-refractivity contribution in [1.82, 2.24) is 32.6 Å². The fourth-order valence-electron chi connectivity index (χ4n) is 13.9. The van der Waals surface area contributed by atoms with E-state index in [9.17, 15) is 5.26 Å². The van der Waals surface area contributed by atoms with E-state index in [0.29, 0.717) is 5.56 Å². The van der Waals surface area contributed by atoms with E-state index in [2.05, 4.69) is 307 Å². The number of benzene rings is 13. The van der Waals surface area contributed by atoms with E-state index in [1.165, 1.54) is 0 Å². The maximum absolute atomic E-state index is 12.7. The SMILES string of the molecule is N#Cc1c(-n2c3ccccc3c3ccccc32)c(-c2ccc(Nc3ccccc3)c(-n3cnc4ccc(-c5ccccc5)cc43)c2)cc(-c2ccc3c(c2)n2c4cc(-c5ccccc5)ccc4nc2n3-c2ccccc2)c1-n1c2ccccc2c2ccccc21. The van der Waals surface area contributed by atoms with E-state index in [0.717, 1.165) is 161 Å². The standard InChI is InChI=1S/C81H51N9/c82-50-66-79(88-70-33-17-13-29-60(70)61-30-14-18-34-71(61)88)64(56-39-43-68(84-58-25-9-3-10-26-58)76(47-56)86-51-83-67-41-37-54(45-75(67)86)52-21-5-1-6-22-52)49-65(80(66)89-72-35-19-15-31-62(72)63-32-16-20-36-73(63)89)57-40-44-74-78(48-57)90-77-46-55(53-23-7-2-8-24-53)38-42-69(77)85-81(90)87(74)59-27-11-4-12-28-59/h1-49,51,84H. The Bertz CT molecular complexity index is 5830. The van der Waals surface area contributed by atoms with Crippen molar-refractivity contribution in [2.45, 2.75) is 0 Å². The molecule has 18 rings (SSSR count). The van der Waals surface area contributed by atoms with Crippen LogP contribution in [0.15, 0.2) is 304 Å². The molecule has 0 spiro atoms. The van der Waals surface area contributed by atoms with E-state index in [1.54, 1.807) is 0 Å². The number of rotatable bonds is 10. The molecule has 0 unspecified atom stereocenters. The first-order valence-corrected chi connectivity index (χ1v) is 30.3. The molecule has 18 aromatic rings. The highest BCUT2D eigenvalue weighted by Gasteiger charge is 2.29.